The summed E-state index contributed by atoms with van der Waals surface area (Å²) in [6, 6.07) is 7.86. The molecule has 0 spiro atoms. The van der Waals surface area contributed by atoms with Gasteiger partial charge in [0.1, 0.15) is 18.5 Å². The van der Waals surface area contributed by atoms with Gasteiger partial charge in [-0.1, -0.05) is 32.0 Å². The molecular weight excluding hydrogens is 250 g/mol. The number of hydrogen-bond acceptors (Lipinski definition) is 3. The highest BCUT2D eigenvalue weighted by molar-refractivity contribution is 5.85. The molecule has 0 bridgehead atoms. The zero-order valence-corrected chi connectivity index (χ0v) is 12.2. The summed E-state index contributed by atoms with van der Waals surface area (Å²) >= 11 is 0. The molecule has 1 N–H and O–H groups in total. The lowest BCUT2D eigenvalue weighted by molar-refractivity contribution is 0.0714. The summed E-state index contributed by atoms with van der Waals surface area (Å²) in [6.07, 6.45) is -0.436. The van der Waals surface area contributed by atoms with E-state index in [0.717, 1.165) is 24.4 Å². The molecule has 0 fully saturated rings. The molecule has 18 heavy (non-hydrogen) atoms. The van der Waals surface area contributed by atoms with Gasteiger partial charge in [-0.05, 0) is 31.6 Å². The van der Waals surface area contributed by atoms with Crippen LogP contribution in [0.1, 0.15) is 19.4 Å². The maximum absolute atomic E-state index is 9.87. The standard InChI is InChI=1S/C14H23NO2.ClH/c1-4-15(5-2)10-13(16)11-17-14-9-7-6-8-12(14)3;/h6-9,13,16H,4-5,10-11H2,1-3H3;1H. The smallest absolute Gasteiger partial charge is 0.122 e. The van der Waals surface area contributed by atoms with Crippen molar-refractivity contribution in [2.75, 3.05) is 26.2 Å². The van der Waals surface area contributed by atoms with Crippen LogP contribution in [0.3, 0.4) is 0 Å². The third-order valence-electron chi connectivity index (χ3n) is 2.89. The third-order valence-corrected chi connectivity index (χ3v) is 2.89. The first-order valence-corrected chi connectivity index (χ1v) is 6.26. The number of likely N-dealkylation sites (N-methyl/N-ethyl adjacent to an activating group) is 1. The number of hydrogen-bond donors (Lipinski definition) is 1. The van der Waals surface area contributed by atoms with Crippen LogP contribution in [-0.4, -0.2) is 42.4 Å². The van der Waals surface area contributed by atoms with Crippen molar-refractivity contribution in [3.63, 3.8) is 0 Å². The van der Waals surface area contributed by atoms with E-state index >= 15 is 0 Å². The minimum Gasteiger partial charge on any atom is -0.491 e. The largest absolute Gasteiger partial charge is 0.491 e. The van der Waals surface area contributed by atoms with Gasteiger partial charge in [0, 0.05) is 6.54 Å². The van der Waals surface area contributed by atoms with Gasteiger partial charge >= 0.3 is 0 Å². The highest BCUT2D eigenvalue weighted by Crippen LogP contribution is 2.16. The molecule has 0 aliphatic rings. The van der Waals surface area contributed by atoms with E-state index in [1.54, 1.807) is 0 Å². The predicted molar refractivity (Wildman–Crippen MR) is 77.7 cm³/mol. The van der Waals surface area contributed by atoms with E-state index in [0.29, 0.717) is 13.2 Å². The maximum atomic E-state index is 9.87. The topological polar surface area (TPSA) is 32.7 Å². The van der Waals surface area contributed by atoms with Crippen LogP contribution in [0.5, 0.6) is 5.75 Å². The van der Waals surface area contributed by atoms with Crippen LogP contribution in [0.4, 0.5) is 0 Å². The van der Waals surface area contributed by atoms with E-state index in [2.05, 4.69) is 18.7 Å². The zero-order chi connectivity index (χ0) is 12.7. The molecule has 1 unspecified atom stereocenters. The van der Waals surface area contributed by atoms with Crippen LogP contribution in [0.15, 0.2) is 24.3 Å². The maximum Gasteiger partial charge on any atom is 0.122 e. The van der Waals surface area contributed by atoms with Gasteiger partial charge < -0.3 is 14.7 Å². The molecule has 0 aliphatic carbocycles. The molecule has 1 aromatic rings. The lowest BCUT2D eigenvalue weighted by Crippen LogP contribution is -2.35. The zero-order valence-electron chi connectivity index (χ0n) is 11.4. The molecule has 1 atom stereocenters. The van der Waals surface area contributed by atoms with E-state index in [1.165, 1.54) is 0 Å². The van der Waals surface area contributed by atoms with E-state index in [-0.39, 0.29) is 12.4 Å². The number of benzene rings is 1. The fourth-order valence-corrected chi connectivity index (χ4v) is 1.74. The van der Waals surface area contributed by atoms with Crippen molar-refractivity contribution in [2.24, 2.45) is 0 Å². The summed E-state index contributed by atoms with van der Waals surface area (Å²) in [5.41, 5.74) is 1.10. The summed E-state index contributed by atoms with van der Waals surface area (Å²) in [5, 5.41) is 9.87. The molecule has 0 aliphatic heterocycles. The lowest BCUT2D eigenvalue weighted by Gasteiger charge is -2.22. The molecule has 0 heterocycles. The van der Waals surface area contributed by atoms with Crippen molar-refractivity contribution >= 4 is 12.4 Å². The summed E-state index contributed by atoms with van der Waals surface area (Å²) < 4.78 is 5.61. The molecule has 0 amide bonds. The van der Waals surface area contributed by atoms with Crippen LogP contribution < -0.4 is 4.74 Å². The Balaban J connectivity index is 0.00000289. The Morgan fingerprint density at radius 1 is 1.22 bits per heavy atom. The molecule has 0 radical (unpaired) electrons. The first kappa shape index (κ1) is 17.2. The second kappa shape index (κ2) is 9.20. The molecule has 3 nitrogen and oxygen atoms in total. The molecule has 1 aromatic carbocycles. The Kier molecular flexibility index (Phi) is 8.81. The Bertz CT molecular complexity index is 329. The first-order valence-electron chi connectivity index (χ1n) is 6.26. The molecular formula is C14H24ClNO2. The van der Waals surface area contributed by atoms with Crippen LogP contribution in [0.2, 0.25) is 0 Å². The van der Waals surface area contributed by atoms with Crippen molar-refractivity contribution in [2.45, 2.75) is 26.9 Å². The molecule has 0 aromatic heterocycles. The van der Waals surface area contributed by atoms with Gasteiger partial charge in [0.2, 0.25) is 0 Å². The Hall–Kier alpha value is -0.770. The third kappa shape index (κ3) is 5.71. The predicted octanol–water partition coefficient (Wildman–Crippen LogP) is 2.50. The second-order valence-electron chi connectivity index (χ2n) is 4.22. The number of aliphatic hydroxyl groups excluding tert-OH is 1. The average molecular weight is 274 g/mol. The van der Waals surface area contributed by atoms with Crippen molar-refractivity contribution in [1.82, 2.24) is 4.90 Å². The first-order chi connectivity index (χ1) is 8.17. The lowest BCUT2D eigenvalue weighted by atomic mass is 10.2. The van der Waals surface area contributed by atoms with Gasteiger partial charge in [-0.25, -0.2) is 0 Å². The van der Waals surface area contributed by atoms with Gasteiger partial charge in [-0.2, -0.15) is 0 Å². The molecule has 0 saturated heterocycles. The summed E-state index contributed by atoms with van der Waals surface area (Å²) in [6.45, 7) is 9.12. The van der Waals surface area contributed by atoms with Crippen LogP contribution in [0.25, 0.3) is 0 Å². The van der Waals surface area contributed by atoms with E-state index < -0.39 is 6.10 Å². The van der Waals surface area contributed by atoms with E-state index in [4.69, 9.17) is 4.74 Å². The Morgan fingerprint density at radius 3 is 2.39 bits per heavy atom. The number of ether oxygens (including phenoxy) is 1. The van der Waals surface area contributed by atoms with Crippen molar-refractivity contribution < 1.29 is 9.84 Å². The van der Waals surface area contributed by atoms with Crippen molar-refractivity contribution in [3.05, 3.63) is 29.8 Å². The monoisotopic (exact) mass is 273 g/mol. The SMILES string of the molecule is CCN(CC)CC(O)COc1ccccc1C.Cl. The van der Waals surface area contributed by atoms with Crippen LogP contribution in [-0.2, 0) is 0 Å². The number of para-hydroxylation sites is 1. The summed E-state index contributed by atoms with van der Waals surface area (Å²) in [7, 11) is 0. The van der Waals surface area contributed by atoms with Crippen molar-refractivity contribution in [3.8, 4) is 5.75 Å². The summed E-state index contributed by atoms with van der Waals surface area (Å²) in [5.74, 6) is 0.853. The quantitative estimate of drug-likeness (QED) is 0.829. The fourth-order valence-electron chi connectivity index (χ4n) is 1.74. The molecule has 1 rings (SSSR count). The Labute approximate surface area is 116 Å². The van der Waals surface area contributed by atoms with E-state index in [1.807, 2.05) is 31.2 Å². The van der Waals surface area contributed by atoms with Gasteiger partial charge in [0.25, 0.3) is 0 Å². The average Bonchev–Trinajstić information content (AvgIpc) is 2.35. The number of aryl methyl sites for hydroxylation is 1. The summed E-state index contributed by atoms with van der Waals surface area (Å²) in [4.78, 5) is 2.19. The number of halogens is 1. The number of aliphatic hydroxyl groups is 1. The highest BCUT2D eigenvalue weighted by Gasteiger charge is 2.10. The van der Waals surface area contributed by atoms with Crippen LogP contribution in [0, 0.1) is 6.92 Å². The van der Waals surface area contributed by atoms with Crippen molar-refractivity contribution in [1.29, 1.82) is 0 Å². The number of rotatable bonds is 7. The van der Waals surface area contributed by atoms with E-state index in [9.17, 15) is 5.11 Å². The van der Waals surface area contributed by atoms with Gasteiger partial charge in [0.05, 0.1) is 0 Å². The molecule has 104 valence electrons. The Morgan fingerprint density at radius 2 is 1.83 bits per heavy atom. The van der Waals surface area contributed by atoms with Gasteiger partial charge in [-0.15, -0.1) is 12.4 Å². The minimum atomic E-state index is -0.436. The second-order valence-corrected chi connectivity index (χ2v) is 4.22. The highest BCUT2D eigenvalue weighted by atomic mass is 35.5. The number of nitrogens with zero attached hydrogens (tertiary/aromatic N) is 1. The van der Waals surface area contributed by atoms with Gasteiger partial charge in [0.15, 0.2) is 0 Å². The fraction of sp³-hybridized carbons (Fsp3) is 0.571. The van der Waals surface area contributed by atoms with Crippen LogP contribution >= 0.6 is 12.4 Å². The molecule has 0 saturated carbocycles. The van der Waals surface area contributed by atoms with Gasteiger partial charge in [-0.3, -0.25) is 0 Å². The normalized spacial score (nSPS) is 12.1. The minimum absolute atomic E-state index is 0. The molecule has 4 heteroatoms.